The predicted octanol–water partition coefficient (Wildman–Crippen LogP) is 1.90. The molecule has 0 aromatic heterocycles. The van der Waals surface area contributed by atoms with E-state index in [2.05, 4.69) is 0 Å². The average molecular weight is 299 g/mol. The summed E-state index contributed by atoms with van der Waals surface area (Å²) in [7, 11) is 0. The van der Waals surface area contributed by atoms with Gasteiger partial charge >= 0.3 is 5.97 Å². The summed E-state index contributed by atoms with van der Waals surface area (Å²) in [4.78, 5) is 36.7. The number of amides is 1. The van der Waals surface area contributed by atoms with E-state index in [-0.39, 0.29) is 22.2 Å². The summed E-state index contributed by atoms with van der Waals surface area (Å²) in [6.07, 6.45) is 4.95. The molecule has 112 valence electrons. The fourth-order valence-electron chi connectivity index (χ4n) is 3.23. The molecule has 1 saturated heterocycles. The van der Waals surface area contributed by atoms with E-state index in [0.29, 0.717) is 13.0 Å². The van der Waals surface area contributed by atoms with Gasteiger partial charge < -0.3 is 10.0 Å². The van der Waals surface area contributed by atoms with Gasteiger partial charge in [0.25, 0.3) is 0 Å². The molecule has 0 radical (unpaired) electrons. The molecule has 0 bridgehead atoms. The molecule has 2 aliphatic rings. The maximum absolute atomic E-state index is 12.6. The van der Waals surface area contributed by atoms with Crippen molar-refractivity contribution >= 4 is 28.8 Å². The molecule has 0 aromatic carbocycles. The van der Waals surface area contributed by atoms with Crippen molar-refractivity contribution in [1.29, 1.82) is 0 Å². The third-order valence-corrected chi connectivity index (χ3v) is 5.36. The third-order valence-electron chi connectivity index (χ3n) is 4.16. The van der Waals surface area contributed by atoms with Crippen LogP contribution in [-0.2, 0) is 14.4 Å². The van der Waals surface area contributed by atoms with E-state index in [1.807, 2.05) is 0 Å². The maximum atomic E-state index is 12.6. The lowest BCUT2D eigenvalue weighted by molar-refractivity contribution is -0.150. The van der Waals surface area contributed by atoms with Gasteiger partial charge in [0.15, 0.2) is 5.12 Å². The summed E-state index contributed by atoms with van der Waals surface area (Å²) < 4.78 is 0. The van der Waals surface area contributed by atoms with Crippen LogP contribution in [0.5, 0.6) is 0 Å². The van der Waals surface area contributed by atoms with Gasteiger partial charge in [-0.05, 0) is 25.7 Å². The molecule has 1 saturated carbocycles. The molecule has 0 aromatic rings. The van der Waals surface area contributed by atoms with Crippen LogP contribution in [0.2, 0.25) is 0 Å². The van der Waals surface area contributed by atoms with Gasteiger partial charge in [-0.3, -0.25) is 9.59 Å². The molecule has 2 unspecified atom stereocenters. The van der Waals surface area contributed by atoms with Crippen molar-refractivity contribution in [3.63, 3.8) is 0 Å². The minimum atomic E-state index is -0.914. The largest absolute Gasteiger partial charge is 0.480 e. The molecule has 6 heteroatoms. The van der Waals surface area contributed by atoms with E-state index in [1.54, 1.807) is 0 Å². The van der Waals surface area contributed by atoms with E-state index in [4.69, 9.17) is 0 Å². The van der Waals surface area contributed by atoms with Crippen molar-refractivity contribution in [3.8, 4) is 0 Å². The predicted molar refractivity (Wildman–Crippen MR) is 76.4 cm³/mol. The van der Waals surface area contributed by atoms with Gasteiger partial charge in [-0.25, -0.2) is 4.79 Å². The Kier molecular flexibility index (Phi) is 5.07. The number of carbonyl (C=O) groups is 3. The Morgan fingerprint density at radius 1 is 1.10 bits per heavy atom. The molecule has 2 fully saturated rings. The second-order valence-corrected chi connectivity index (χ2v) is 6.98. The molecule has 1 aliphatic heterocycles. The number of likely N-dealkylation sites (tertiary alicyclic amines) is 1. The molecule has 3 atom stereocenters. The minimum Gasteiger partial charge on any atom is -0.480 e. The highest BCUT2D eigenvalue weighted by atomic mass is 32.2. The fourth-order valence-corrected chi connectivity index (χ4v) is 4.36. The normalized spacial score (nSPS) is 30.2. The quantitative estimate of drug-likeness (QED) is 0.861. The molecule has 1 N–H and O–H groups in total. The zero-order valence-corrected chi connectivity index (χ0v) is 12.5. The number of carboxylic acid groups (broad SMARTS) is 1. The van der Waals surface area contributed by atoms with Crippen molar-refractivity contribution in [2.45, 2.75) is 56.7 Å². The highest BCUT2D eigenvalue weighted by Gasteiger charge is 2.40. The van der Waals surface area contributed by atoms with Crippen LogP contribution in [0.25, 0.3) is 0 Å². The van der Waals surface area contributed by atoms with Crippen LogP contribution >= 0.6 is 11.8 Å². The van der Waals surface area contributed by atoms with Crippen LogP contribution in [-0.4, -0.2) is 44.8 Å². The van der Waals surface area contributed by atoms with Crippen molar-refractivity contribution in [2.24, 2.45) is 5.92 Å². The van der Waals surface area contributed by atoms with E-state index in [0.717, 1.165) is 32.1 Å². The van der Waals surface area contributed by atoms with E-state index in [9.17, 15) is 19.5 Å². The second kappa shape index (κ2) is 6.61. The Balaban J connectivity index is 2.09. The van der Waals surface area contributed by atoms with Gasteiger partial charge in [0.1, 0.15) is 6.04 Å². The number of rotatable bonds is 3. The summed E-state index contributed by atoms with van der Waals surface area (Å²) in [5.74, 6) is -1.17. The van der Waals surface area contributed by atoms with E-state index in [1.165, 1.54) is 23.6 Å². The first-order valence-corrected chi connectivity index (χ1v) is 8.09. The molecule has 5 nitrogen and oxygen atoms in total. The molecule has 20 heavy (non-hydrogen) atoms. The Morgan fingerprint density at radius 2 is 1.80 bits per heavy atom. The summed E-state index contributed by atoms with van der Waals surface area (Å²) in [6.45, 7) is 2.06. The van der Waals surface area contributed by atoms with Crippen LogP contribution in [0.3, 0.4) is 0 Å². The lowest BCUT2D eigenvalue weighted by Crippen LogP contribution is -2.46. The highest BCUT2D eigenvalue weighted by Crippen LogP contribution is 2.36. The molecule has 1 aliphatic carbocycles. The average Bonchev–Trinajstić information content (AvgIpc) is 2.87. The summed E-state index contributed by atoms with van der Waals surface area (Å²) in [6, 6.07) is -0.674. The Bertz CT molecular complexity index is 412. The van der Waals surface area contributed by atoms with Crippen molar-refractivity contribution in [3.05, 3.63) is 0 Å². The summed E-state index contributed by atoms with van der Waals surface area (Å²) >= 11 is 1.25. The first kappa shape index (κ1) is 15.4. The van der Waals surface area contributed by atoms with Crippen LogP contribution < -0.4 is 0 Å². The zero-order chi connectivity index (χ0) is 14.7. The Labute approximate surface area is 123 Å². The smallest absolute Gasteiger partial charge is 0.326 e. The molecular weight excluding hydrogens is 278 g/mol. The Morgan fingerprint density at radius 3 is 2.45 bits per heavy atom. The SMILES string of the molecule is CC(=O)SC1CCCCC1C(=O)N1CCC[C@H]1C(=O)O. The van der Waals surface area contributed by atoms with Gasteiger partial charge in [-0.1, -0.05) is 24.6 Å². The fraction of sp³-hybridized carbons (Fsp3) is 0.786. The van der Waals surface area contributed by atoms with Gasteiger partial charge in [-0.15, -0.1) is 0 Å². The number of hydrogen-bond acceptors (Lipinski definition) is 4. The topological polar surface area (TPSA) is 74.7 Å². The lowest BCUT2D eigenvalue weighted by Gasteiger charge is -2.33. The number of carboxylic acids is 1. The van der Waals surface area contributed by atoms with Crippen molar-refractivity contribution in [2.75, 3.05) is 6.54 Å². The second-order valence-electron chi connectivity index (χ2n) is 5.57. The van der Waals surface area contributed by atoms with Gasteiger partial charge in [-0.2, -0.15) is 0 Å². The van der Waals surface area contributed by atoms with Crippen LogP contribution in [0.1, 0.15) is 45.4 Å². The molecule has 2 rings (SSSR count). The van der Waals surface area contributed by atoms with Crippen molar-refractivity contribution < 1.29 is 19.5 Å². The first-order valence-electron chi connectivity index (χ1n) is 7.21. The van der Waals surface area contributed by atoms with Crippen molar-refractivity contribution in [1.82, 2.24) is 4.90 Å². The van der Waals surface area contributed by atoms with E-state index < -0.39 is 12.0 Å². The van der Waals surface area contributed by atoms with Crippen LogP contribution in [0.15, 0.2) is 0 Å². The highest BCUT2D eigenvalue weighted by molar-refractivity contribution is 8.14. The molecule has 0 spiro atoms. The number of hydrogen-bond donors (Lipinski definition) is 1. The van der Waals surface area contributed by atoms with Gasteiger partial charge in [0.05, 0.1) is 5.92 Å². The molecular formula is C14H21NO4S. The van der Waals surface area contributed by atoms with Gasteiger partial charge in [0.2, 0.25) is 5.91 Å². The lowest BCUT2D eigenvalue weighted by atomic mass is 9.87. The number of aliphatic carboxylic acids is 1. The number of thioether (sulfide) groups is 1. The van der Waals surface area contributed by atoms with Crippen LogP contribution in [0.4, 0.5) is 0 Å². The first-order chi connectivity index (χ1) is 9.50. The number of nitrogens with zero attached hydrogens (tertiary/aromatic N) is 1. The summed E-state index contributed by atoms with van der Waals surface area (Å²) in [5.41, 5.74) is 0. The monoisotopic (exact) mass is 299 g/mol. The Hall–Kier alpha value is -1.04. The van der Waals surface area contributed by atoms with Gasteiger partial charge in [0, 0.05) is 18.7 Å². The maximum Gasteiger partial charge on any atom is 0.326 e. The standard InChI is InChI=1S/C14H21NO4S/c1-9(16)20-12-7-3-2-5-10(12)13(17)15-8-4-6-11(15)14(18)19/h10-12H,2-8H2,1H3,(H,18,19)/t10?,11-,12?/m0/s1. The minimum absolute atomic E-state index is 0.0174. The molecule has 1 heterocycles. The summed E-state index contributed by atoms with van der Waals surface area (Å²) in [5, 5.41) is 9.24. The van der Waals surface area contributed by atoms with E-state index >= 15 is 0 Å². The zero-order valence-electron chi connectivity index (χ0n) is 11.7. The molecule has 1 amide bonds. The van der Waals surface area contributed by atoms with Crippen LogP contribution in [0, 0.1) is 5.92 Å². The number of carbonyl (C=O) groups excluding carboxylic acids is 2. The third kappa shape index (κ3) is 3.34.